The van der Waals surface area contributed by atoms with Gasteiger partial charge in [0.05, 0.1) is 5.92 Å². The van der Waals surface area contributed by atoms with Crippen molar-refractivity contribution in [3.8, 4) is 0 Å². The lowest BCUT2D eigenvalue weighted by atomic mass is 9.96. The highest BCUT2D eigenvalue weighted by Gasteiger charge is 2.41. The summed E-state index contributed by atoms with van der Waals surface area (Å²) in [6, 6.07) is 0. The van der Waals surface area contributed by atoms with Crippen LogP contribution in [0.2, 0.25) is 0 Å². The van der Waals surface area contributed by atoms with Gasteiger partial charge in [0.25, 0.3) is 0 Å². The van der Waals surface area contributed by atoms with Gasteiger partial charge in [0.1, 0.15) is 10.7 Å². The van der Waals surface area contributed by atoms with Crippen LogP contribution in [0, 0.1) is 5.92 Å². The Balaban J connectivity index is 2.12. The fraction of sp³-hybridized carbons (Fsp3) is 0.545. The minimum absolute atomic E-state index is 0.0524. The Kier molecular flexibility index (Phi) is 3.88. The van der Waals surface area contributed by atoms with E-state index < -0.39 is 12.1 Å². The molecule has 1 aromatic rings. The molecule has 2 heterocycles. The third kappa shape index (κ3) is 3.12. The van der Waals surface area contributed by atoms with Crippen LogP contribution in [0.15, 0.2) is 12.4 Å². The predicted octanol–water partition coefficient (Wildman–Crippen LogP) is 1.89. The van der Waals surface area contributed by atoms with Gasteiger partial charge in [-0.05, 0) is 12.8 Å². The third-order valence-corrected chi connectivity index (χ3v) is 3.36. The molecule has 0 aromatic carbocycles. The van der Waals surface area contributed by atoms with E-state index in [0.29, 0.717) is 11.5 Å². The van der Waals surface area contributed by atoms with Crippen LogP contribution in [0.3, 0.4) is 0 Å². The Morgan fingerprint density at radius 1 is 1.26 bits per heavy atom. The molecule has 4 nitrogen and oxygen atoms in total. The molecule has 1 aliphatic rings. The van der Waals surface area contributed by atoms with Crippen LogP contribution in [0.5, 0.6) is 0 Å². The van der Waals surface area contributed by atoms with E-state index in [0.717, 1.165) is 0 Å². The summed E-state index contributed by atoms with van der Waals surface area (Å²) in [5, 5.41) is 0. The number of hydrogen-bond acceptors (Lipinski definition) is 4. The summed E-state index contributed by atoms with van der Waals surface area (Å²) in [6.45, 7) is 0.553. The molecule has 8 heteroatoms. The number of halogens is 3. The minimum atomic E-state index is -4.12. The summed E-state index contributed by atoms with van der Waals surface area (Å²) in [4.78, 5) is 10.0. The SMILES string of the molecule is NC(=S)c1nccnc1N1CCC(C(F)(F)F)CC1. The molecule has 0 radical (unpaired) electrons. The summed E-state index contributed by atoms with van der Waals surface area (Å²) >= 11 is 4.87. The van der Waals surface area contributed by atoms with Crippen LogP contribution in [-0.4, -0.2) is 34.2 Å². The lowest BCUT2D eigenvalue weighted by Crippen LogP contribution is -2.40. The first-order valence-electron chi connectivity index (χ1n) is 5.82. The molecule has 1 fully saturated rings. The molecule has 19 heavy (non-hydrogen) atoms. The number of rotatable bonds is 2. The standard InChI is InChI=1S/C11H13F3N4S/c12-11(13,14)7-1-5-18(6-2-7)10-8(9(15)19)16-3-4-17-10/h3-4,7H,1-2,5-6H2,(H2,15,19). The van der Waals surface area contributed by atoms with Gasteiger partial charge in [0.15, 0.2) is 5.82 Å². The lowest BCUT2D eigenvalue weighted by molar-refractivity contribution is -0.179. The van der Waals surface area contributed by atoms with Crippen molar-refractivity contribution < 1.29 is 13.2 Å². The molecule has 0 amide bonds. The minimum Gasteiger partial charge on any atom is -0.388 e. The van der Waals surface area contributed by atoms with Crippen molar-refractivity contribution >= 4 is 23.0 Å². The van der Waals surface area contributed by atoms with E-state index in [-0.39, 0.29) is 30.9 Å². The molecule has 0 spiro atoms. The van der Waals surface area contributed by atoms with E-state index in [4.69, 9.17) is 18.0 Å². The van der Waals surface area contributed by atoms with Gasteiger partial charge in [-0.25, -0.2) is 9.97 Å². The van der Waals surface area contributed by atoms with Gasteiger partial charge < -0.3 is 10.6 Å². The second-order valence-corrected chi connectivity index (χ2v) is 4.84. The predicted molar refractivity (Wildman–Crippen MR) is 68.9 cm³/mol. The van der Waals surface area contributed by atoms with E-state index in [1.807, 2.05) is 0 Å². The number of hydrogen-bond donors (Lipinski definition) is 1. The molecule has 0 aliphatic carbocycles. The largest absolute Gasteiger partial charge is 0.391 e. The van der Waals surface area contributed by atoms with Crippen LogP contribution in [0.25, 0.3) is 0 Å². The van der Waals surface area contributed by atoms with Gasteiger partial charge in [0.2, 0.25) is 0 Å². The average molecular weight is 290 g/mol. The van der Waals surface area contributed by atoms with E-state index in [1.54, 1.807) is 4.90 Å². The summed E-state index contributed by atoms with van der Waals surface area (Å²) in [5.41, 5.74) is 5.90. The average Bonchev–Trinajstić information content (AvgIpc) is 2.38. The van der Waals surface area contributed by atoms with Crippen LogP contribution in [0.1, 0.15) is 18.5 Å². The summed E-state index contributed by atoms with van der Waals surface area (Å²) in [6.07, 6.45) is -1.08. The number of nitrogens with two attached hydrogens (primary N) is 1. The zero-order chi connectivity index (χ0) is 14.0. The fourth-order valence-electron chi connectivity index (χ4n) is 2.15. The van der Waals surface area contributed by atoms with Crippen molar-refractivity contribution in [2.24, 2.45) is 11.7 Å². The van der Waals surface area contributed by atoms with Gasteiger partial charge in [0, 0.05) is 25.5 Å². The summed E-state index contributed by atoms with van der Waals surface area (Å²) in [7, 11) is 0. The molecule has 104 valence electrons. The highest BCUT2D eigenvalue weighted by molar-refractivity contribution is 7.80. The van der Waals surface area contributed by atoms with Crippen LogP contribution < -0.4 is 10.6 Å². The van der Waals surface area contributed by atoms with Gasteiger partial charge >= 0.3 is 6.18 Å². The Labute approximate surface area is 113 Å². The molecule has 0 bridgehead atoms. The van der Waals surface area contributed by atoms with Crippen molar-refractivity contribution in [1.82, 2.24) is 9.97 Å². The molecule has 0 unspecified atom stereocenters. The molecule has 0 atom stereocenters. The Bertz CT molecular complexity index is 469. The van der Waals surface area contributed by atoms with Gasteiger partial charge in [-0.15, -0.1) is 0 Å². The van der Waals surface area contributed by atoms with Crippen LogP contribution >= 0.6 is 12.2 Å². The molecular weight excluding hydrogens is 277 g/mol. The number of aromatic nitrogens is 2. The molecule has 1 aromatic heterocycles. The van der Waals surface area contributed by atoms with Gasteiger partial charge in [-0.1, -0.05) is 12.2 Å². The molecule has 2 rings (SSSR count). The maximum atomic E-state index is 12.6. The zero-order valence-corrected chi connectivity index (χ0v) is 10.8. The smallest absolute Gasteiger partial charge is 0.388 e. The Morgan fingerprint density at radius 2 is 1.84 bits per heavy atom. The monoisotopic (exact) mass is 290 g/mol. The van der Waals surface area contributed by atoms with Crippen molar-refractivity contribution in [3.05, 3.63) is 18.1 Å². The molecule has 1 aliphatic heterocycles. The van der Waals surface area contributed by atoms with Crippen molar-refractivity contribution in [2.75, 3.05) is 18.0 Å². The number of thiocarbonyl (C=S) groups is 1. The fourth-order valence-corrected chi connectivity index (χ4v) is 2.30. The second-order valence-electron chi connectivity index (χ2n) is 4.40. The van der Waals surface area contributed by atoms with Gasteiger partial charge in [-0.2, -0.15) is 13.2 Å². The number of alkyl halides is 3. The number of nitrogens with zero attached hydrogens (tertiary/aromatic N) is 3. The van der Waals surface area contributed by atoms with E-state index >= 15 is 0 Å². The van der Waals surface area contributed by atoms with E-state index in [1.165, 1.54) is 12.4 Å². The first kappa shape index (κ1) is 14.0. The number of anilines is 1. The van der Waals surface area contributed by atoms with Crippen LogP contribution in [-0.2, 0) is 0 Å². The first-order chi connectivity index (χ1) is 8.89. The second kappa shape index (κ2) is 5.28. The van der Waals surface area contributed by atoms with Crippen molar-refractivity contribution in [1.29, 1.82) is 0 Å². The third-order valence-electron chi connectivity index (χ3n) is 3.17. The van der Waals surface area contributed by atoms with Crippen LogP contribution in [0.4, 0.5) is 19.0 Å². The highest BCUT2D eigenvalue weighted by Crippen LogP contribution is 2.35. The molecule has 1 saturated heterocycles. The number of piperidine rings is 1. The normalized spacial score (nSPS) is 17.5. The Morgan fingerprint density at radius 3 is 2.37 bits per heavy atom. The topological polar surface area (TPSA) is 55.0 Å². The van der Waals surface area contributed by atoms with Gasteiger partial charge in [-0.3, -0.25) is 0 Å². The molecule has 2 N–H and O–H groups in total. The molecular formula is C11H13F3N4S. The van der Waals surface area contributed by atoms with Crippen molar-refractivity contribution in [2.45, 2.75) is 19.0 Å². The summed E-state index contributed by atoms with van der Waals surface area (Å²) in [5.74, 6) is -0.774. The lowest BCUT2D eigenvalue weighted by Gasteiger charge is -2.34. The maximum absolute atomic E-state index is 12.6. The quantitative estimate of drug-likeness (QED) is 0.843. The van der Waals surface area contributed by atoms with E-state index in [9.17, 15) is 13.2 Å². The van der Waals surface area contributed by atoms with E-state index in [2.05, 4.69) is 9.97 Å². The summed E-state index contributed by atoms with van der Waals surface area (Å²) < 4.78 is 37.8. The Hall–Kier alpha value is -1.44. The highest BCUT2D eigenvalue weighted by atomic mass is 32.1. The first-order valence-corrected chi connectivity index (χ1v) is 6.23. The maximum Gasteiger partial charge on any atom is 0.391 e. The molecule has 0 saturated carbocycles. The van der Waals surface area contributed by atoms with Crippen molar-refractivity contribution in [3.63, 3.8) is 0 Å². The zero-order valence-electron chi connectivity index (χ0n) is 10.0.